The summed E-state index contributed by atoms with van der Waals surface area (Å²) in [4.78, 5) is 15.1. The van der Waals surface area contributed by atoms with E-state index >= 15 is 0 Å². The van der Waals surface area contributed by atoms with E-state index < -0.39 is 0 Å². The first kappa shape index (κ1) is 15.0. The first-order valence-electron chi connectivity index (χ1n) is 8.25. The molecule has 1 aliphatic rings. The molecule has 0 N–H and O–H groups in total. The molecular formula is C18H19N5O. The lowest BCUT2D eigenvalue weighted by Crippen LogP contribution is -2.45. The summed E-state index contributed by atoms with van der Waals surface area (Å²) in [6.45, 7) is 3.07. The molecule has 0 aliphatic carbocycles. The Morgan fingerprint density at radius 1 is 1.12 bits per heavy atom. The Hall–Kier alpha value is -2.60. The Morgan fingerprint density at radius 3 is 2.79 bits per heavy atom. The SMILES string of the molecule is c1ccc(CCCN2CC(c3nc(-c4cnccn4)no3)C2)cc1. The fraction of sp³-hybridized carbons (Fsp3) is 0.333. The van der Waals surface area contributed by atoms with Crippen molar-refractivity contribution in [3.05, 3.63) is 60.4 Å². The van der Waals surface area contributed by atoms with Crippen molar-refractivity contribution >= 4 is 0 Å². The summed E-state index contributed by atoms with van der Waals surface area (Å²) in [5.74, 6) is 1.55. The minimum atomic E-state index is 0.333. The number of aromatic nitrogens is 4. The van der Waals surface area contributed by atoms with Gasteiger partial charge >= 0.3 is 0 Å². The van der Waals surface area contributed by atoms with Crippen LogP contribution in [0.15, 0.2) is 53.4 Å². The van der Waals surface area contributed by atoms with Crippen molar-refractivity contribution < 1.29 is 4.52 Å². The van der Waals surface area contributed by atoms with Gasteiger partial charge in [-0.3, -0.25) is 4.98 Å². The van der Waals surface area contributed by atoms with E-state index in [1.54, 1.807) is 18.6 Å². The van der Waals surface area contributed by atoms with Gasteiger partial charge in [0.25, 0.3) is 0 Å². The van der Waals surface area contributed by atoms with E-state index in [9.17, 15) is 0 Å². The van der Waals surface area contributed by atoms with Gasteiger partial charge in [0.2, 0.25) is 11.7 Å². The van der Waals surface area contributed by atoms with Crippen LogP contribution < -0.4 is 0 Å². The molecule has 0 spiro atoms. The van der Waals surface area contributed by atoms with Crippen LogP contribution in [0, 0.1) is 0 Å². The molecule has 0 amide bonds. The average molecular weight is 321 g/mol. The standard InChI is InChI=1S/C18H19N5O/c1-2-5-14(6-3-1)7-4-10-23-12-15(13-23)18-21-17(22-24-18)16-11-19-8-9-20-16/h1-3,5-6,8-9,11,15H,4,7,10,12-13H2. The summed E-state index contributed by atoms with van der Waals surface area (Å²) >= 11 is 0. The van der Waals surface area contributed by atoms with E-state index in [-0.39, 0.29) is 0 Å². The third-order valence-corrected chi connectivity index (χ3v) is 4.32. The molecule has 6 nitrogen and oxygen atoms in total. The summed E-state index contributed by atoms with van der Waals surface area (Å²) < 4.78 is 5.39. The molecule has 0 atom stereocenters. The minimum absolute atomic E-state index is 0.333. The number of aryl methyl sites for hydroxylation is 1. The molecule has 6 heteroatoms. The third kappa shape index (κ3) is 3.33. The molecule has 1 aromatic carbocycles. The first-order chi connectivity index (χ1) is 11.9. The molecule has 4 rings (SSSR count). The van der Waals surface area contributed by atoms with Crippen LogP contribution in [0.2, 0.25) is 0 Å². The minimum Gasteiger partial charge on any atom is -0.339 e. The van der Waals surface area contributed by atoms with E-state index in [0.717, 1.165) is 26.1 Å². The Labute approximate surface area is 140 Å². The van der Waals surface area contributed by atoms with Gasteiger partial charge in [0.15, 0.2) is 0 Å². The van der Waals surface area contributed by atoms with Crippen LogP contribution in [-0.2, 0) is 6.42 Å². The van der Waals surface area contributed by atoms with Crippen LogP contribution in [0.3, 0.4) is 0 Å². The Morgan fingerprint density at radius 2 is 2.00 bits per heavy atom. The molecular weight excluding hydrogens is 302 g/mol. The largest absolute Gasteiger partial charge is 0.339 e. The molecule has 0 radical (unpaired) electrons. The van der Waals surface area contributed by atoms with Crippen molar-refractivity contribution in [3.8, 4) is 11.5 Å². The lowest BCUT2D eigenvalue weighted by Gasteiger charge is -2.37. The molecule has 122 valence electrons. The highest BCUT2D eigenvalue weighted by Crippen LogP contribution is 2.27. The van der Waals surface area contributed by atoms with Gasteiger partial charge in [-0.15, -0.1) is 0 Å². The van der Waals surface area contributed by atoms with Gasteiger partial charge in [-0.25, -0.2) is 4.98 Å². The highest BCUT2D eigenvalue weighted by molar-refractivity contribution is 5.45. The zero-order valence-corrected chi connectivity index (χ0v) is 13.4. The molecule has 3 aromatic rings. The predicted octanol–water partition coefficient (Wildman–Crippen LogP) is 2.56. The third-order valence-electron chi connectivity index (χ3n) is 4.32. The normalized spacial score (nSPS) is 15.3. The lowest BCUT2D eigenvalue weighted by molar-refractivity contribution is 0.124. The smallest absolute Gasteiger partial charge is 0.232 e. The summed E-state index contributed by atoms with van der Waals surface area (Å²) in [5, 5.41) is 4.01. The molecule has 1 fully saturated rings. The molecule has 24 heavy (non-hydrogen) atoms. The number of rotatable bonds is 6. The van der Waals surface area contributed by atoms with Crippen molar-refractivity contribution in [1.29, 1.82) is 0 Å². The van der Waals surface area contributed by atoms with Gasteiger partial charge in [-0.2, -0.15) is 4.98 Å². The Bertz CT molecular complexity index is 768. The molecule has 0 unspecified atom stereocenters. The maximum atomic E-state index is 5.39. The molecule has 3 heterocycles. The van der Waals surface area contributed by atoms with E-state index in [4.69, 9.17) is 4.52 Å². The van der Waals surface area contributed by atoms with Gasteiger partial charge in [0, 0.05) is 25.5 Å². The number of likely N-dealkylation sites (tertiary alicyclic amines) is 1. The molecule has 0 bridgehead atoms. The number of hydrogen-bond donors (Lipinski definition) is 0. The van der Waals surface area contributed by atoms with Crippen LogP contribution in [0.25, 0.3) is 11.5 Å². The van der Waals surface area contributed by atoms with E-state index in [1.165, 1.54) is 12.0 Å². The summed E-state index contributed by atoms with van der Waals surface area (Å²) in [6.07, 6.45) is 7.20. The second-order valence-electron chi connectivity index (χ2n) is 6.09. The van der Waals surface area contributed by atoms with Crippen LogP contribution >= 0.6 is 0 Å². The van der Waals surface area contributed by atoms with E-state index in [2.05, 4.69) is 55.3 Å². The Balaban J connectivity index is 1.25. The van der Waals surface area contributed by atoms with Gasteiger partial charge in [-0.1, -0.05) is 35.5 Å². The summed E-state index contributed by atoms with van der Waals surface area (Å²) in [7, 11) is 0. The predicted molar refractivity (Wildman–Crippen MR) is 89.3 cm³/mol. The van der Waals surface area contributed by atoms with Crippen molar-refractivity contribution in [2.45, 2.75) is 18.8 Å². The maximum Gasteiger partial charge on any atom is 0.232 e. The second kappa shape index (κ2) is 6.88. The van der Waals surface area contributed by atoms with Crippen LogP contribution in [0.5, 0.6) is 0 Å². The van der Waals surface area contributed by atoms with Crippen molar-refractivity contribution in [1.82, 2.24) is 25.0 Å². The molecule has 2 aromatic heterocycles. The van der Waals surface area contributed by atoms with Gasteiger partial charge < -0.3 is 9.42 Å². The van der Waals surface area contributed by atoms with E-state index in [0.29, 0.717) is 23.3 Å². The number of nitrogens with zero attached hydrogens (tertiary/aromatic N) is 5. The quantitative estimate of drug-likeness (QED) is 0.695. The average Bonchev–Trinajstić information content (AvgIpc) is 3.08. The number of benzene rings is 1. The second-order valence-corrected chi connectivity index (χ2v) is 6.09. The zero-order chi connectivity index (χ0) is 16.2. The molecule has 1 saturated heterocycles. The highest BCUT2D eigenvalue weighted by atomic mass is 16.5. The first-order valence-corrected chi connectivity index (χ1v) is 8.25. The van der Waals surface area contributed by atoms with Crippen molar-refractivity contribution in [2.24, 2.45) is 0 Å². The van der Waals surface area contributed by atoms with Crippen LogP contribution in [-0.4, -0.2) is 44.6 Å². The summed E-state index contributed by atoms with van der Waals surface area (Å²) in [5.41, 5.74) is 2.05. The highest BCUT2D eigenvalue weighted by Gasteiger charge is 2.32. The van der Waals surface area contributed by atoms with Gasteiger partial charge in [0.1, 0.15) is 5.69 Å². The topological polar surface area (TPSA) is 67.9 Å². The molecule has 1 aliphatic heterocycles. The van der Waals surface area contributed by atoms with Crippen LogP contribution in [0.1, 0.15) is 23.8 Å². The summed E-state index contributed by atoms with van der Waals surface area (Å²) in [6, 6.07) is 10.6. The van der Waals surface area contributed by atoms with Crippen molar-refractivity contribution in [2.75, 3.05) is 19.6 Å². The lowest BCUT2D eigenvalue weighted by atomic mass is 9.99. The molecule has 0 saturated carbocycles. The maximum absolute atomic E-state index is 5.39. The fourth-order valence-corrected chi connectivity index (χ4v) is 2.98. The Kier molecular flexibility index (Phi) is 4.29. The zero-order valence-electron chi connectivity index (χ0n) is 13.4. The van der Waals surface area contributed by atoms with Gasteiger partial charge in [0.05, 0.1) is 12.1 Å². The van der Waals surface area contributed by atoms with Crippen LogP contribution in [0.4, 0.5) is 0 Å². The number of hydrogen-bond acceptors (Lipinski definition) is 6. The van der Waals surface area contributed by atoms with E-state index in [1.807, 2.05) is 0 Å². The van der Waals surface area contributed by atoms with Crippen molar-refractivity contribution in [3.63, 3.8) is 0 Å². The van der Waals surface area contributed by atoms with Gasteiger partial charge in [-0.05, 0) is 24.9 Å². The fourth-order valence-electron chi connectivity index (χ4n) is 2.98. The monoisotopic (exact) mass is 321 g/mol.